The van der Waals surface area contributed by atoms with E-state index in [1.807, 2.05) is 11.3 Å². The Morgan fingerprint density at radius 2 is 1.76 bits per heavy atom. The summed E-state index contributed by atoms with van der Waals surface area (Å²) in [5.41, 5.74) is 1.44. The number of nitrogens with one attached hydrogen (secondary N) is 1. The lowest BCUT2D eigenvalue weighted by Crippen LogP contribution is -2.21. The van der Waals surface area contributed by atoms with E-state index >= 15 is 0 Å². The molecule has 2 heterocycles. The molecule has 3 rings (SSSR count). The van der Waals surface area contributed by atoms with Gasteiger partial charge in [0.1, 0.15) is 13.2 Å². The fourth-order valence-electron chi connectivity index (χ4n) is 2.76. The molecule has 1 aliphatic rings. The summed E-state index contributed by atoms with van der Waals surface area (Å²) in [6.07, 6.45) is 0. The molecule has 0 saturated carbocycles. The molecule has 1 N–H and O–H groups in total. The summed E-state index contributed by atoms with van der Waals surface area (Å²) in [4.78, 5) is 1.43. The fraction of sp³-hybridized carbons (Fsp3) is 0.529. The van der Waals surface area contributed by atoms with Crippen LogP contribution >= 0.6 is 11.3 Å². The first-order valence-corrected chi connectivity index (χ1v) is 8.46. The van der Waals surface area contributed by atoms with E-state index < -0.39 is 0 Å². The molecule has 0 unspecified atom stereocenters. The number of thiophene rings is 1. The molecule has 1 aromatic carbocycles. The first kappa shape index (κ1) is 14.7. The summed E-state index contributed by atoms with van der Waals surface area (Å²) in [6.45, 7) is 11.1. The average molecular weight is 305 g/mol. The zero-order valence-electron chi connectivity index (χ0n) is 13.2. The Bertz CT molecular complexity index is 646. The minimum atomic E-state index is 0.495. The van der Waals surface area contributed by atoms with Crippen LogP contribution < -0.4 is 14.8 Å². The predicted octanol–water partition coefficient (Wildman–Crippen LogP) is 4.29. The van der Waals surface area contributed by atoms with Crippen molar-refractivity contribution in [3.05, 3.63) is 22.6 Å². The van der Waals surface area contributed by atoms with Gasteiger partial charge < -0.3 is 14.8 Å². The fourth-order valence-corrected chi connectivity index (χ4v) is 4.09. The maximum Gasteiger partial charge on any atom is 0.162 e. The standard InChI is InChI=1S/C17H23NO2S/c1-10(2)17-12-7-13-14(20-6-5-19-13)8-15(12)21-16(17)9-18-11(3)4/h7-8,10-11,18H,5-6,9H2,1-4H3. The van der Waals surface area contributed by atoms with E-state index in [9.17, 15) is 0 Å². The van der Waals surface area contributed by atoms with Gasteiger partial charge in [0.25, 0.3) is 0 Å². The lowest BCUT2D eigenvalue weighted by Gasteiger charge is -2.18. The molecule has 21 heavy (non-hydrogen) atoms. The molecule has 0 fully saturated rings. The molecular weight excluding hydrogens is 282 g/mol. The smallest absolute Gasteiger partial charge is 0.162 e. The molecule has 0 radical (unpaired) electrons. The van der Waals surface area contributed by atoms with Crippen LogP contribution in [-0.2, 0) is 6.54 Å². The van der Waals surface area contributed by atoms with Gasteiger partial charge in [0, 0.05) is 33.6 Å². The molecule has 0 bridgehead atoms. The topological polar surface area (TPSA) is 30.5 Å². The first-order valence-electron chi connectivity index (χ1n) is 7.64. The normalized spacial score (nSPS) is 14.4. The van der Waals surface area contributed by atoms with Crippen molar-refractivity contribution in [2.24, 2.45) is 0 Å². The Balaban J connectivity index is 2.08. The second kappa shape index (κ2) is 5.85. The third-order valence-corrected chi connectivity index (χ3v) is 4.88. The zero-order chi connectivity index (χ0) is 15.0. The van der Waals surface area contributed by atoms with Gasteiger partial charge in [-0.25, -0.2) is 0 Å². The zero-order valence-corrected chi connectivity index (χ0v) is 14.0. The number of rotatable bonds is 4. The van der Waals surface area contributed by atoms with Gasteiger partial charge in [-0.3, -0.25) is 0 Å². The summed E-state index contributed by atoms with van der Waals surface area (Å²) in [5.74, 6) is 2.27. The summed E-state index contributed by atoms with van der Waals surface area (Å²) in [7, 11) is 0. The number of hydrogen-bond donors (Lipinski definition) is 1. The predicted molar refractivity (Wildman–Crippen MR) is 88.9 cm³/mol. The molecule has 4 heteroatoms. The summed E-state index contributed by atoms with van der Waals surface area (Å²) < 4.78 is 12.7. The lowest BCUT2D eigenvalue weighted by molar-refractivity contribution is 0.172. The summed E-state index contributed by atoms with van der Waals surface area (Å²) >= 11 is 1.87. The largest absolute Gasteiger partial charge is 0.486 e. The molecule has 2 aromatic rings. The lowest BCUT2D eigenvalue weighted by atomic mass is 9.99. The van der Waals surface area contributed by atoms with Gasteiger partial charge in [0.15, 0.2) is 11.5 Å². The van der Waals surface area contributed by atoms with Gasteiger partial charge >= 0.3 is 0 Å². The maximum absolute atomic E-state index is 5.74. The highest BCUT2D eigenvalue weighted by atomic mass is 32.1. The van der Waals surface area contributed by atoms with E-state index in [-0.39, 0.29) is 0 Å². The van der Waals surface area contributed by atoms with Gasteiger partial charge in [0.2, 0.25) is 0 Å². The molecule has 114 valence electrons. The Morgan fingerprint density at radius 1 is 1.10 bits per heavy atom. The van der Waals surface area contributed by atoms with Gasteiger partial charge in [-0.15, -0.1) is 11.3 Å². The summed E-state index contributed by atoms with van der Waals surface area (Å²) in [5, 5.41) is 4.85. The van der Waals surface area contributed by atoms with Crippen LogP contribution in [0.4, 0.5) is 0 Å². The SMILES string of the molecule is CC(C)NCc1sc2cc3c(cc2c1C(C)C)OCCO3. The van der Waals surface area contributed by atoms with E-state index in [1.54, 1.807) is 0 Å². The molecule has 1 aromatic heterocycles. The molecule has 0 atom stereocenters. The van der Waals surface area contributed by atoms with Crippen LogP contribution in [0.3, 0.4) is 0 Å². The van der Waals surface area contributed by atoms with Crippen LogP contribution in [0.2, 0.25) is 0 Å². The summed E-state index contributed by atoms with van der Waals surface area (Å²) in [6, 6.07) is 4.79. The monoisotopic (exact) mass is 305 g/mol. The van der Waals surface area contributed by atoms with Crippen molar-refractivity contribution in [1.29, 1.82) is 0 Å². The Hall–Kier alpha value is -1.26. The van der Waals surface area contributed by atoms with Crippen LogP contribution in [-0.4, -0.2) is 19.3 Å². The minimum absolute atomic E-state index is 0.495. The van der Waals surface area contributed by atoms with Crippen molar-refractivity contribution in [1.82, 2.24) is 5.32 Å². The number of fused-ring (bicyclic) bond motifs is 2. The molecule has 0 aliphatic carbocycles. The van der Waals surface area contributed by atoms with Crippen LogP contribution in [0.15, 0.2) is 12.1 Å². The highest BCUT2D eigenvalue weighted by molar-refractivity contribution is 7.19. The van der Waals surface area contributed by atoms with Gasteiger partial charge in [0.05, 0.1) is 0 Å². The third kappa shape index (κ3) is 2.87. The number of hydrogen-bond acceptors (Lipinski definition) is 4. The van der Waals surface area contributed by atoms with Crippen LogP contribution in [0.1, 0.15) is 44.1 Å². The van der Waals surface area contributed by atoms with Crippen molar-refractivity contribution in [3.63, 3.8) is 0 Å². The van der Waals surface area contributed by atoms with Crippen LogP contribution in [0.25, 0.3) is 10.1 Å². The second-order valence-corrected chi connectivity index (χ2v) is 7.26. The molecule has 1 aliphatic heterocycles. The van der Waals surface area contributed by atoms with Gasteiger partial charge in [-0.05, 0) is 17.5 Å². The average Bonchev–Trinajstić information content (AvgIpc) is 2.79. The van der Waals surface area contributed by atoms with E-state index in [2.05, 4.69) is 45.1 Å². The first-order chi connectivity index (χ1) is 10.1. The van der Waals surface area contributed by atoms with Crippen molar-refractivity contribution in [2.45, 2.75) is 46.2 Å². The number of benzene rings is 1. The highest BCUT2D eigenvalue weighted by Crippen LogP contribution is 2.42. The molecule has 0 saturated heterocycles. The Labute approximate surface area is 130 Å². The van der Waals surface area contributed by atoms with Crippen LogP contribution in [0, 0.1) is 0 Å². The van der Waals surface area contributed by atoms with Crippen LogP contribution in [0.5, 0.6) is 11.5 Å². The molecule has 0 amide bonds. The highest BCUT2D eigenvalue weighted by Gasteiger charge is 2.20. The van der Waals surface area contributed by atoms with E-state index in [4.69, 9.17) is 9.47 Å². The third-order valence-electron chi connectivity index (χ3n) is 3.72. The molecule has 0 spiro atoms. The van der Waals surface area contributed by atoms with Crippen molar-refractivity contribution in [2.75, 3.05) is 13.2 Å². The maximum atomic E-state index is 5.74. The second-order valence-electron chi connectivity index (χ2n) is 6.12. The quantitative estimate of drug-likeness (QED) is 0.914. The van der Waals surface area contributed by atoms with Crippen molar-refractivity contribution < 1.29 is 9.47 Å². The van der Waals surface area contributed by atoms with E-state index in [0.717, 1.165) is 18.0 Å². The number of ether oxygens (including phenoxy) is 2. The minimum Gasteiger partial charge on any atom is -0.486 e. The Morgan fingerprint density at radius 3 is 2.38 bits per heavy atom. The van der Waals surface area contributed by atoms with E-state index in [0.29, 0.717) is 25.2 Å². The molecule has 3 nitrogen and oxygen atoms in total. The Kier molecular flexibility index (Phi) is 4.09. The van der Waals surface area contributed by atoms with Crippen molar-refractivity contribution >= 4 is 21.4 Å². The van der Waals surface area contributed by atoms with Gasteiger partial charge in [-0.2, -0.15) is 0 Å². The van der Waals surface area contributed by atoms with Crippen molar-refractivity contribution in [3.8, 4) is 11.5 Å². The van der Waals surface area contributed by atoms with Gasteiger partial charge in [-0.1, -0.05) is 27.7 Å². The molecular formula is C17H23NO2S. The van der Waals surface area contributed by atoms with E-state index in [1.165, 1.54) is 20.5 Å².